The molecule has 0 aromatic heterocycles. The highest BCUT2D eigenvalue weighted by Gasteiger charge is 2.17. The van der Waals surface area contributed by atoms with Crippen molar-refractivity contribution in [3.05, 3.63) is 35.4 Å². The maximum Gasteiger partial charge on any atom is 0.152 e. The maximum atomic E-state index is 11.9. The lowest BCUT2D eigenvalue weighted by Crippen LogP contribution is -2.23. The van der Waals surface area contributed by atoms with Crippen LogP contribution in [0, 0.1) is 6.92 Å². The average Bonchev–Trinajstić information content (AvgIpc) is 2.29. The standard InChI is InChI=1S/C14H23NO2S/c1-3-4-5-10-18(16,17)11-14(15)13-8-6-12(2)7-9-13/h6-9,14H,3-5,10-11,15H2,1-2H3. The molecule has 1 atom stereocenters. The predicted octanol–water partition coefficient (Wildman–Crippen LogP) is 2.60. The van der Waals surface area contributed by atoms with Crippen molar-refractivity contribution in [3.8, 4) is 0 Å². The topological polar surface area (TPSA) is 60.2 Å². The van der Waals surface area contributed by atoms with Gasteiger partial charge in [0.05, 0.1) is 11.5 Å². The van der Waals surface area contributed by atoms with Crippen LogP contribution in [0.1, 0.15) is 43.4 Å². The molecule has 0 fully saturated rings. The van der Waals surface area contributed by atoms with Gasteiger partial charge in [0.2, 0.25) is 0 Å². The molecule has 0 radical (unpaired) electrons. The first-order valence-corrected chi connectivity index (χ1v) is 8.29. The molecule has 1 aromatic rings. The van der Waals surface area contributed by atoms with Crippen molar-refractivity contribution in [1.82, 2.24) is 0 Å². The molecule has 2 N–H and O–H groups in total. The fourth-order valence-electron chi connectivity index (χ4n) is 1.84. The summed E-state index contributed by atoms with van der Waals surface area (Å²) in [7, 11) is -3.04. The van der Waals surface area contributed by atoms with E-state index in [9.17, 15) is 8.42 Å². The third kappa shape index (κ3) is 5.19. The highest BCUT2D eigenvalue weighted by atomic mass is 32.2. The maximum absolute atomic E-state index is 11.9. The molecule has 0 aliphatic heterocycles. The summed E-state index contributed by atoms with van der Waals surface area (Å²) in [4.78, 5) is 0. The SMILES string of the molecule is CCCCCS(=O)(=O)CC(N)c1ccc(C)cc1. The molecular weight excluding hydrogens is 246 g/mol. The van der Waals surface area contributed by atoms with Gasteiger partial charge in [0.1, 0.15) is 0 Å². The van der Waals surface area contributed by atoms with E-state index in [1.165, 1.54) is 0 Å². The summed E-state index contributed by atoms with van der Waals surface area (Å²) in [6, 6.07) is 7.30. The molecule has 1 aromatic carbocycles. The summed E-state index contributed by atoms with van der Waals surface area (Å²) < 4.78 is 23.8. The number of rotatable bonds is 7. The number of aryl methyl sites for hydroxylation is 1. The second-order valence-electron chi connectivity index (χ2n) is 4.84. The fourth-order valence-corrected chi connectivity index (χ4v) is 3.39. The van der Waals surface area contributed by atoms with Crippen molar-refractivity contribution in [2.75, 3.05) is 11.5 Å². The quantitative estimate of drug-likeness (QED) is 0.774. The summed E-state index contributed by atoms with van der Waals surface area (Å²) in [5.74, 6) is 0.292. The number of sulfone groups is 1. The molecule has 102 valence electrons. The van der Waals surface area contributed by atoms with Gasteiger partial charge in [-0.05, 0) is 18.9 Å². The minimum absolute atomic E-state index is 0.0414. The van der Waals surface area contributed by atoms with E-state index in [0.717, 1.165) is 30.4 Å². The minimum Gasteiger partial charge on any atom is -0.323 e. The largest absolute Gasteiger partial charge is 0.323 e. The zero-order valence-corrected chi connectivity index (χ0v) is 12.0. The van der Waals surface area contributed by atoms with Crippen molar-refractivity contribution in [2.24, 2.45) is 5.73 Å². The molecule has 0 aliphatic carbocycles. The van der Waals surface area contributed by atoms with Crippen LogP contribution in [0.3, 0.4) is 0 Å². The van der Waals surface area contributed by atoms with E-state index in [4.69, 9.17) is 5.73 Å². The van der Waals surface area contributed by atoms with Gasteiger partial charge < -0.3 is 5.73 Å². The summed E-state index contributed by atoms with van der Waals surface area (Å²) in [5.41, 5.74) is 7.99. The van der Waals surface area contributed by atoms with Gasteiger partial charge in [0.25, 0.3) is 0 Å². The molecule has 4 heteroatoms. The number of hydrogen-bond donors (Lipinski definition) is 1. The van der Waals surface area contributed by atoms with Gasteiger partial charge in [0, 0.05) is 6.04 Å². The monoisotopic (exact) mass is 269 g/mol. The smallest absolute Gasteiger partial charge is 0.152 e. The zero-order valence-electron chi connectivity index (χ0n) is 11.2. The second-order valence-corrected chi connectivity index (χ2v) is 7.07. The van der Waals surface area contributed by atoms with Crippen LogP contribution in [0.25, 0.3) is 0 Å². The van der Waals surface area contributed by atoms with Crippen LogP contribution in [0.2, 0.25) is 0 Å². The minimum atomic E-state index is -3.04. The first-order valence-electron chi connectivity index (χ1n) is 6.47. The molecule has 1 rings (SSSR count). The average molecular weight is 269 g/mol. The molecule has 0 heterocycles. The number of benzene rings is 1. The molecule has 0 saturated heterocycles. The molecule has 0 amide bonds. The zero-order chi connectivity index (χ0) is 13.6. The first-order chi connectivity index (χ1) is 8.44. The molecule has 3 nitrogen and oxygen atoms in total. The Morgan fingerprint density at radius 1 is 1.17 bits per heavy atom. The number of nitrogens with two attached hydrogens (primary N) is 1. The van der Waals surface area contributed by atoms with Crippen LogP contribution >= 0.6 is 0 Å². The number of hydrogen-bond acceptors (Lipinski definition) is 3. The summed E-state index contributed by atoms with van der Waals surface area (Å²) >= 11 is 0. The molecule has 0 spiro atoms. The Labute approximate surface area is 110 Å². The van der Waals surface area contributed by atoms with Gasteiger partial charge in [-0.3, -0.25) is 0 Å². The van der Waals surface area contributed by atoms with E-state index >= 15 is 0 Å². The van der Waals surface area contributed by atoms with E-state index in [1.54, 1.807) is 0 Å². The Morgan fingerprint density at radius 3 is 2.33 bits per heavy atom. The van der Waals surface area contributed by atoms with Gasteiger partial charge >= 0.3 is 0 Å². The van der Waals surface area contributed by atoms with E-state index in [0.29, 0.717) is 0 Å². The summed E-state index contributed by atoms with van der Waals surface area (Å²) in [6.07, 6.45) is 2.72. The summed E-state index contributed by atoms with van der Waals surface area (Å²) in [5, 5.41) is 0. The second kappa shape index (κ2) is 6.90. The molecular formula is C14H23NO2S. The molecule has 0 bridgehead atoms. The Morgan fingerprint density at radius 2 is 1.78 bits per heavy atom. The third-order valence-electron chi connectivity index (χ3n) is 3.00. The summed E-state index contributed by atoms with van der Waals surface area (Å²) in [6.45, 7) is 4.06. The van der Waals surface area contributed by atoms with Crippen molar-refractivity contribution in [3.63, 3.8) is 0 Å². The molecule has 0 saturated carbocycles. The highest BCUT2D eigenvalue weighted by molar-refractivity contribution is 7.91. The van der Waals surface area contributed by atoms with Crippen LogP contribution in [0.5, 0.6) is 0 Å². The molecule has 1 unspecified atom stereocenters. The lowest BCUT2D eigenvalue weighted by atomic mass is 10.1. The van der Waals surface area contributed by atoms with E-state index in [-0.39, 0.29) is 11.5 Å². The van der Waals surface area contributed by atoms with Gasteiger partial charge in [0.15, 0.2) is 9.84 Å². The molecule has 0 aliphatic rings. The lowest BCUT2D eigenvalue weighted by molar-refractivity contribution is 0.584. The van der Waals surface area contributed by atoms with Crippen LogP contribution < -0.4 is 5.73 Å². The Hall–Kier alpha value is -0.870. The normalized spacial score (nSPS) is 13.5. The third-order valence-corrected chi connectivity index (χ3v) is 4.78. The highest BCUT2D eigenvalue weighted by Crippen LogP contribution is 2.14. The van der Waals surface area contributed by atoms with Gasteiger partial charge in [-0.25, -0.2) is 8.42 Å². The van der Waals surface area contributed by atoms with Crippen LogP contribution in [0.15, 0.2) is 24.3 Å². The van der Waals surface area contributed by atoms with Crippen molar-refractivity contribution in [1.29, 1.82) is 0 Å². The van der Waals surface area contributed by atoms with E-state index in [1.807, 2.05) is 31.2 Å². The van der Waals surface area contributed by atoms with E-state index < -0.39 is 15.9 Å². The fraction of sp³-hybridized carbons (Fsp3) is 0.571. The van der Waals surface area contributed by atoms with Gasteiger partial charge in [-0.1, -0.05) is 49.6 Å². The first kappa shape index (κ1) is 15.2. The Balaban J connectivity index is 2.58. The molecule has 18 heavy (non-hydrogen) atoms. The Bertz CT molecular complexity index is 451. The van der Waals surface area contributed by atoms with Crippen molar-refractivity contribution < 1.29 is 8.42 Å². The lowest BCUT2D eigenvalue weighted by Gasteiger charge is -2.12. The van der Waals surface area contributed by atoms with Crippen molar-refractivity contribution in [2.45, 2.75) is 39.2 Å². The number of unbranched alkanes of at least 4 members (excludes halogenated alkanes) is 2. The predicted molar refractivity (Wildman–Crippen MR) is 76.3 cm³/mol. The van der Waals surface area contributed by atoms with Gasteiger partial charge in [-0.15, -0.1) is 0 Å². The van der Waals surface area contributed by atoms with Crippen LogP contribution in [-0.2, 0) is 9.84 Å². The van der Waals surface area contributed by atoms with Crippen molar-refractivity contribution >= 4 is 9.84 Å². The Kier molecular flexibility index (Phi) is 5.82. The van der Waals surface area contributed by atoms with Crippen LogP contribution in [-0.4, -0.2) is 19.9 Å². The van der Waals surface area contributed by atoms with Gasteiger partial charge in [-0.2, -0.15) is 0 Å². The van der Waals surface area contributed by atoms with E-state index in [2.05, 4.69) is 6.92 Å². The van der Waals surface area contributed by atoms with Crippen LogP contribution in [0.4, 0.5) is 0 Å².